The van der Waals surface area contributed by atoms with Gasteiger partial charge in [-0.1, -0.05) is 36.9 Å². The van der Waals surface area contributed by atoms with E-state index in [4.69, 9.17) is 13.8 Å². The summed E-state index contributed by atoms with van der Waals surface area (Å²) >= 11 is 0.827. The van der Waals surface area contributed by atoms with Gasteiger partial charge < -0.3 is 14.0 Å². The normalized spacial score (nSPS) is 13.3. The van der Waals surface area contributed by atoms with Crippen LogP contribution in [0.2, 0.25) is 0 Å². The number of alkyl halides is 2. The molecule has 1 atom stereocenters. The summed E-state index contributed by atoms with van der Waals surface area (Å²) < 4.78 is 75.8. The van der Waals surface area contributed by atoms with Crippen molar-refractivity contribution >= 4 is 47.4 Å². The Hall–Kier alpha value is -2.60. The number of rotatable bonds is 13. The highest BCUT2D eigenvalue weighted by Crippen LogP contribution is 2.67. The number of hydrogen-bond acceptors (Lipinski definition) is 10. The second kappa shape index (κ2) is 13.8. The maximum Gasteiger partial charge on any atom is 0.510 e. The summed E-state index contributed by atoms with van der Waals surface area (Å²) in [7, 11) is -5.37. The molecule has 2 aromatic carbocycles. The van der Waals surface area contributed by atoms with E-state index < -0.39 is 50.5 Å². The van der Waals surface area contributed by atoms with Gasteiger partial charge in [0.05, 0.1) is 18.3 Å². The van der Waals surface area contributed by atoms with E-state index in [9.17, 15) is 23.5 Å². The van der Waals surface area contributed by atoms with Gasteiger partial charge in [0, 0.05) is 22.3 Å². The summed E-state index contributed by atoms with van der Waals surface area (Å²) in [5.41, 5.74) is -5.31. The maximum atomic E-state index is 15.6. The highest BCUT2D eigenvalue weighted by atomic mass is 32.2. The summed E-state index contributed by atoms with van der Waals surface area (Å²) in [6.07, 6.45) is -0.922. The molecule has 2 aromatic rings. The summed E-state index contributed by atoms with van der Waals surface area (Å²) in [5.74, 6) is -1.40. The molecule has 0 N–H and O–H groups in total. The fraction of sp³-hybridized carbons (Fsp3) is 0.435. The summed E-state index contributed by atoms with van der Waals surface area (Å²) in [5, 5.41) is 0.312. The van der Waals surface area contributed by atoms with Crippen molar-refractivity contribution in [3.63, 3.8) is 0 Å². The van der Waals surface area contributed by atoms with Crippen molar-refractivity contribution in [2.24, 2.45) is 0 Å². The molecule has 0 bridgehead atoms. The van der Waals surface area contributed by atoms with Gasteiger partial charge in [-0.3, -0.25) is 13.9 Å². The molecule has 1 unspecified atom stereocenters. The number of fused-ring (bicyclic) bond motifs is 1. The van der Waals surface area contributed by atoms with Crippen LogP contribution in [0, 0.1) is 0 Å². The number of carbonyl (C=O) groups excluding carboxylic acids is 3. The van der Waals surface area contributed by atoms with Crippen molar-refractivity contribution in [1.29, 1.82) is 0 Å². The Kier molecular flexibility index (Phi) is 11.4. The minimum atomic E-state index is -5.37. The zero-order chi connectivity index (χ0) is 27.6. The van der Waals surface area contributed by atoms with Gasteiger partial charge in [0.15, 0.2) is 5.12 Å². The van der Waals surface area contributed by atoms with Crippen molar-refractivity contribution in [2.45, 2.75) is 45.4 Å². The lowest BCUT2D eigenvalue weighted by molar-refractivity contribution is -0.111. The van der Waals surface area contributed by atoms with Gasteiger partial charge in [-0.25, -0.2) is 14.5 Å². The predicted molar refractivity (Wildman–Crippen MR) is 129 cm³/mol. The molecule has 0 spiro atoms. The van der Waals surface area contributed by atoms with Gasteiger partial charge in [-0.05, 0) is 49.2 Å². The highest BCUT2D eigenvalue weighted by molar-refractivity contribution is 8.13. The standard InChI is InChI=1S/C23H26F3O9PS/c1-4-5-20(27)37-11-10-32-36(30,33-14-31-22(29)34-15(2)3)23(24,25)19-9-8-16-6-7-17(21(28)35-26)12-18(16)13-19/h6-9,12-13,15H,4-5,10-11,14H2,1-3H3. The Morgan fingerprint density at radius 2 is 1.76 bits per heavy atom. The van der Waals surface area contributed by atoms with Gasteiger partial charge in [-0.2, -0.15) is 8.78 Å². The zero-order valence-corrected chi connectivity index (χ0v) is 22.0. The van der Waals surface area contributed by atoms with E-state index >= 15 is 8.78 Å². The second-order valence-corrected chi connectivity index (χ2v) is 11.0. The predicted octanol–water partition coefficient (Wildman–Crippen LogP) is 6.74. The topological polar surface area (TPSA) is 114 Å². The first-order chi connectivity index (χ1) is 17.4. The molecule has 0 saturated heterocycles. The molecule has 37 heavy (non-hydrogen) atoms. The lowest BCUT2D eigenvalue weighted by Crippen LogP contribution is -2.21. The van der Waals surface area contributed by atoms with Crippen LogP contribution in [0.5, 0.6) is 0 Å². The average Bonchev–Trinajstić information content (AvgIpc) is 2.85. The van der Waals surface area contributed by atoms with Gasteiger partial charge >= 0.3 is 25.4 Å². The van der Waals surface area contributed by atoms with Crippen LogP contribution in [-0.4, -0.2) is 42.5 Å². The molecule has 9 nitrogen and oxygen atoms in total. The first-order valence-corrected chi connectivity index (χ1v) is 13.6. The van der Waals surface area contributed by atoms with Crippen LogP contribution in [0.15, 0.2) is 36.4 Å². The van der Waals surface area contributed by atoms with Crippen LogP contribution in [0.1, 0.15) is 49.5 Å². The summed E-state index contributed by atoms with van der Waals surface area (Å²) in [6.45, 7) is 3.15. The van der Waals surface area contributed by atoms with E-state index in [1.807, 2.05) is 0 Å². The van der Waals surface area contributed by atoms with Crippen LogP contribution >= 0.6 is 19.4 Å². The zero-order valence-electron chi connectivity index (χ0n) is 20.2. The molecule has 0 aliphatic carbocycles. The third kappa shape index (κ3) is 8.46. The van der Waals surface area contributed by atoms with E-state index in [0.29, 0.717) is 11.8 Å². The number of carbonyl (C=O) groups is 3. The smallest absolute Gasteiger partial charge is 0.432 e. The number of ether oxygens (including phenoxy) is 2. The molecule has 0 saturated carbocycles. The van der Waals surface area contributed by atoms with E-state index in [1.54, 1.807) is 6.92 Å². The Morgan fingerprint density at radius 1 is 1.05 bits per heavy atom. The van der Waals surface area contributed by atoms with E-state index in [1.165, 1.54) is 32.0 Å². The molecular formula is C23H26F3O9PS. The third-order valence-corrected chi connectivity index (χ3v) is 7.44. The monoisotopic (exact) mass is 566 g/mol. The Balaban J connectivity index is 2.31. The molecule has 0 aliphatic heterocycles. The minimum absolute atomic E-state index is 0.0784. The summed E-state index contributed by atoms with van der Waals surface area (Å²) in [4.78, 5) is 37.9. The largest absolute Gasteiger partial charge is 0.510 e. The number of benzene rings is 2. The number of thioether (sulfide) groups is 1. The van der Waals surface area contributed by atoms with Crippen LogP contribution in [-0.2, 0) is 38.5 Å². The lowest BCUT2D eigenvalue weighted by Gasteiger charge is -2.26. The molecule has 0 aromatic heterocycles. The molecule has 0 heterocycles. The van der Waals surface area contributed by atoms with Gasteiger partial charge in [0.25, 0.3) is 0 Å². The van der Waals surface area contributed by atoms with Crippen LogP contribution in [0.25, 0.3) is 10.8 Å². The SMILES string of the molecule is CCCC(=O)SCCOP(=O)(OCOC(=O)OC(C)C)C(F)(F)c1ccc2ccc(C(=O)OF)cc2c1. The van der Waals surface area contributed by atoms with Crippen molar-refractivity contribution in [3.05, 3.63) is 47.5 Å². The van der Waals surface area contributed by atoms with Crippen molar-refractivity contribution in [3.8, 4) is 0 Å². The molecule has 14 heteroatoms. The maximum absolute atomic E-state index is 15.6. The van der Waals surface area contributed by atoms with Gasteiger partial charge in [0.1, 0.15) is 0 Å². The fourth-order valence-corrected chi connectivity index (χ4v) is 5.17. The van der Waals surface area contributed by atoms with Gasteiger partial charge in [0.2, 0.25) is 6.79 Å². The minimum Gasteiger partial charge on any atom is -0.432 e. The molecule has 204 valence electrons. The number of hydrogen-bond donors (Lipinski definition) is 0. The first-order valence-electron chi connectivity index (χ1n) is 11.1. The fourth-order valence-electron chi connectivity index (χ4n) is 2.92. The Morgan fingerprint density at radius 3 is 2.41 bits per heavy atom. The molecule has 0 amide bonds. The number of halogens is 3. The third-order valence-electron chi connectivity index (χ3n) is 4.63. The highest BCUT2D eigenvalue weighted by Gasteiger charge is 2.55. The lowest BCUT2D eigenvalue weighted by atomic mass is 10.0. The molecule has 2 rings (SSSR count). The molecule has 0 aliphatic rings. The second-order valence-electron chi connectivity index (χ2n) is 7.79. The van der Waals surface area contributed by atoms with Crippen LogP contribution in [0.3, 0.4) is 0 Å². The van der Waals surface area contributed by atoms with E-state index in [0.717, 1.165) is 30.0 Å². The van der Waals surface area contributed by atoms with E-state index in [2.05, 4.69) is 9.68 Å². The quantitative estimate of drug-likeness (QED) is 0.112. The molecule has 0 radical (unpaired) electrons. The Labute approximate surface area is 215 Å². The van der Waals surface area contributed by atoms with Crippen molar-refractivity contribution in [1.82, 2.24) is 0 Å². The Bertz CT molecular complexity index is 1160. The molecule has 0 fully saturated rings. The van der Waals surface area contributed by atoms with Crippen LogP contribution < -0.4 is 0 Å². The van der Waals surface area contributed by atoms with Crippen molar-refractivity contribution < 1.29 is 55.7 Å². The summed E-state index contributed by atoms with van der Waals surface area (Å²) in [6, 6.07) is 6.91. The first kappa shape index (κ1) is 30.6. The van der Waals surface area contributed by atoms with Crippen molar-refractivity contribution in [2.75, 3.05) is 19.2 Å². The molecular weight excluding hydrogens is 540 g/mol. The van der Waals surface area contributed by atoms with Crippen LogP contribution in [0.4, 0.5) is 18.1 Å². The van der Waals surface area contributed by atoms with E-state index in [-0.39, 0.29) is 28.2 Å². The average molecular weight is 566 g/mol. The van der Waals surface area contributed by atoms with Gasteiger partial charge in [-0.15, -0.1) is 0 Å².